The molecule has 1 saturated heterocycles. The lowest BCUT2D eigenvalue weighted by atomic mass is 9.81. The lowest BCUT2D eigenvalue weighted by molar-refractivity contribution is -0.136. The Balaban J connectivity index is 1.58. The molecule has 2 atom stereocenters. The van der Waals surface area contributed by atoms with Crippen LogP contribution >= 0.6 is 0 Å². The van der Waals surface area contributed by atoms with Gasteiger partial charge in [-0.15, -0.1) is 0 Å². The number of fused-ring (bicyclic) bond motifs is 1. The zero-order valence-corrected chi connectivity index (χ0v) is 22.7. The maximum Gasteiger partial charge on any atom is 0.417 e. The van der Waals surface area contributed by atoms with Crippen LogP contribution in [0.15, 0.2) is 54.6 Å². The molecule has 2 aliphatic rings. The summed E-state index contributed by atoms with van der Waals surface area (Å²) in [6.45, 7) is 10.7. The summed E-state index contributed by atoms with van der Waals surface area (Å²) in [6, 6.07) is 14.7. The van der Waals surface area contributed by atoms with Crippen molar-refractivity contribution in [3.8, 4) is 0 Å². The number of hydrogen-bond donors (Lipinski definition) is 0. The van der Waals surface area contributed by atoms with Crippen LogP contribution in [0.3, 0.4) is 0 Å². The molecule has 0 N–H and O–H groups in total. The molecule has 4 rings (SSSR count). The van der Waals surface area contributed by atoms with E-state index in [1.807, 2.05) is 65.0 Å². The summed E-state index contributed by atoms with van der Waals surface area (Å²) < 4.78 is 11.1. The Morgan fingerprint density at radius 2 is 1.53 bits per heavy atom. The van der Waals surface area contributed by atoms with Gasteiger partial charge in [0.15, 0.2) is 0 Å². The second-order valence-corrected chi connectivity index (χ2v) is 11.9. The van der Waals surface area contributed by atoms with Crippen LogP contribution in [0.25, 0.3) is 0 Å². The molecule has 202 valence electrons. The molecule has 0 spiro atoms. The first-order valence-corrected chi connectivity index (χ1v) is 13.0. The van der Waals surface area contributed by atoms with Crippen LogP contribution in [-0.4, -0.2) is 58.9 Å². The number of imide groups is 2. The van der Waals surface area contributed by atoms with Crippen LogP contribution in [0.1, 0.15) is 73.7 Å². The van der Waals surface area contributed by atoms with Crippen LogP contribution in [0.5, 0.6) is 0 Å². The van der Waals surface area contributed by atoms with Gasteiger partial charge in [-0.25, -0.2) is 9.69 Å². The highest BCUT2D eigenvalue weighted by Gasteiger charge is 2.51. The number of carbonyl (C=O) groups excluding carboxylic acids is 4. The molecule has 1 fully saturated rings. The van der Waals surface area contributed by atoms with Crippen molar-refractivity contribution in [1.82, 2.24) is 9.80 Å². The predicted molar refractivity (Wildman–Crippen MR) is 141 cm³/mol. The largest absolute Gasteiger partial charge is 0.447 e. The number of benzene rings is 2. The van der Waals surface area contributed by atoms with E-state index < -0.39 is 46.7 Å². The first kappa shape index (κ1) is 27.5. The number of amides is 4. The summed E-state index contributed by atoms with van der Waals surface area (Å²) in [5.41, 5.74) is 0.638. The molecule has 2 aliphatic heterocycles. The zero-order valence-electron chi connectivity index (χ0n) is 22.7. The van der Waals surface area contributed by atoms with Gasteiger partial charge in [0.1, 0.15) is 12.6 Å². The molecule has 0 saturated carbocycles. The van der Waals surface area contributed by atoms with Gasteiger partial charge in [0.25, 0.3) is 17.7 Å². The monoisotopic (exact) mass is 520 g/mol. The minimum atomic E-state index is -1.16. The third-order valence-corrected chi connectivity index (χ3v) is 7.31. The molecular weight excluding hydrogens is 484 g/mol. The predicted octanol–water partition coefficient (Wildman–Crippen LogP) is 5.07. The smallest absolute Gasteiger partial charge is 0.417 e. The van der Waals surface area contributed by atoms with E-state index in [0.717, 1.165) is 15.4 Å². The fourth-order valence-electron chi connectivity index (χ4n) is 4.98. The van der Waals surface area contributed by atoms with E-state index in [4.69, 9.17) is 9.47 Å². The normalized spacial score (nSPS) is 18.6. The molecule has 0 radical (unpaired) electrons. The lowest BCUT2D eigenvalue weighted by Crippen LogP contribution is -2.56. The van der Waals surface area contributed by atoms with E-state index >= 15 is 0 Å². The quantitative estimate of drug-likeness (QED) is 0.339. The van der Waals surface area contributed by atoms with Gasteiger partial charge in [-0.2, -0.15) is 0 Å². The van der Waals surface area contributed by atoms with Crippen LogP contribution in [0.2, 0.25) is 0 Å². The molecule has 0 unspecified atom stereocenters. The summed E-state index contributed by atoms with van der Waals surface area (Å²) in [5.74, 6) is -1.65. The van der Waals surface area contributed by atoms with Crippen molar-refractivity contribution in [1.29, 1.82) is 0 Å². The van der Waals surface area contributed by atoms with E-state index in [1.54, 1.807) is 24.3 Å². The van der Waals surface area contributed by atoms with E-state index in [9.17, 15) is 19.2 Å². The maximum absolute atomic E-state index is 14.1. The van der Waals surface area contributed by atoms with Crippen molar-refractivity contribution >= 4 is 23.8 Å². The van der Waals surface area contributed by atoms with E-state index in [2.05, 4.69) is 0 Å². The van der Waals surface area contributed by atoms with Crippen LogP contribution < -0.4 is 0 Å². The Hall–Kier alpha value is -3.52. The van der Waals surface area contributed by atoms with Gasteiger partial charge >= 0.3 is 6.09 Å². The van der Waals surface area contributed by atoms with Gasteiger partial charge in [-0.1, -0.05) is 77.1 Å². The molecule has 2 aromatic carbocycles. The molecule has 0 aromatic heterocycles. The van der Waals surface area contributed by atoms with Crippen molar-refractivity contribution in [2.24, 2.45) is 10.8 Å². The summed E-state index contributed by atoms with van der Waals surface area (Å²) in [4.78, 5) is 55.8. The highest BCUT2D eigenvalue weighted by atomic mass is 16.6. The number of carbonyl (C=O) groups is 4. The molecular formula is C30H36N2O6. The van der Waals surface area contributed by atoms with Gasteiger partial charge in [0, 0.05) is 6.61 Å². The highest BCUT2D eigenvalue weighted by Crippen LogP contribution is 2.36. The number of cyclic esters (lactones) is 1. The Morgan fingerprint density at radius 3 is 2.11 bits per heavy atom. The van der Waals surface area contributed by atoms with Crippen LogP contribution in [-0.2, 0) is 20.9 Å². The SMILES string of the molecule is CC(C)(CCOCc1ccccc1)C[C@@H](C(=O)N1C(=O)OC[C@@H]1C(C)(C)C)N1C(=O)c2ccccc2C1=O. The van der Waals surface area contributed by atoms with Gasteiger partial charge in [-0.05, 0) is 41.4 Å². The first-order valence-electron chi connectivity index (χ1n) is 13.0. The number of hydrogen-bond acceptors (Lipinski definition) is 6. The van der Waals surface area contributed by atoms with Crippen molar-refractivity contribution in [2.75, 3.05) is 13.2 Å². The maximum atomic E-state index is 14.1. The topological polar surface area (TPSA) is 93.2 Å². The number of nitrogens with zero attached hydrogens (tertiary/aromatic N) is 2. The second-order valence-electron chi connectivity index (χ2n) is 11.9. The van der Waals surface area contributed by atoms with Gasteiger partial charge < -0.3 is 9.47 Å². The van der Waals surface area contributed by atoms with Crippen molar-refractivity contribution in [2.45, 2.75) is 66.2 Å². The molecule has 8 heteroatoms. The van der Waals surface area contributed by atoms with Gasteiger partial charge in [-0.3, -0.25) is 19.3 Å². The fourth-order valence-corrected chi connectivity index (χ4v) is 4.98. The van der Waals surface area contributed by atoms with Crippen molar-refractivity contribution in [3.05, 3.63) is 71.3 Å². The van der Waals surface area contributed by atoms with Crippen LogP contribution in [0.4, 0.5) is 4.79 Å². The van der Waals surface area contributed by atoms with Crippen molar-refractivity contribution < 1.29 is 28.7 Å². The summed E-state index contributed by atoms with van der Waals surface area (Å²) >= 11 is 0. The average Bonchev–Trinajstić information content (AvgIpc) is 3.38. The molecule has 2 aromatic rings. The van der Waals surface area contributed by atoms with E-state index in [-0.39, 0.29) is 24.2 Å². The summed E-state index contributed by atoms with van der Waals surface area (Å²) in [7, 11) is 0. The third kappa shape index (κ3) is 5.65. The Kier molecular flexibility index (Phi) is 7.74. The lowest BCUT2D eigenvalue weighted by Gasteiger charge is -2.37. The third-order valence-electron chi connectivity index (χ3n) is 7.31. The zero-order chi connectivity index (χ0) is 27.7. The number of rotatable bonds is 9. The van der Waals surface area contributed by atoms with E-state index in [0.29, 0.717) is 19.6 Å². The van der Waals surface area contributed by atoms with E-state index in [1.165, 1.54) is 0 Å². The summed E-state index contributed by atoms with van der Waals surface area (Å²) in [5, 5.41) is 0. The van der Waals surface area contributed by atoms with Gasteiger partial charge in [0.05, 0.1) is 23.8 Å². The molecule has 0 aliphatic carbocycles. The average molecular weight is 521 g/mol. The highest BCUT2D eigenvalue weighted by molar-refractivity contribution is 6.23. The minimum absolute atomic E-state index is 0.0691. The first-order chi connectivity index (χ1) is 17.9. The Labute approximate surface area is 223 Å². The molecule has 38 heavy (non-hydrogen) atoms. The van der Waals surface area contributed by atoms with Crippen LogP contribution in [0, 0.1) is 10.8 Å². The molecule has 2 heterocycles. The minimum Gasteiger partial charge on any atom is -0.447 e. The fraction of sp³-hybridized carbons (Fsp3) is 0.467. The summed E-state index contributed by atoms with van der Waals surface area (Å²) in [6.07, 6.45) is 0.00701. The Morgan fingerprint density at radius 1 is 0.947 bits per heavy atom. The standard InChI is InChI=1S/C30H36N2O6/c1-29(2,3)24-19-38-28(36)32(24)27(35)23(31-25(33)21-13-9-10-14-22(21)26(31)34)17-30(4,5)15-16-37-18-20-11-7-6-8-12-20/h6-14,23-24H,15-19H2,1-5H3/t23-,24+/m0/s1. The molecule has 0 bridgehead atoms. The Bertz CT molecular complexity index is 1180. The second kappa shape index (κ2) is 10.7. The van der Waals surface area contributed by atoms with Crippen molar-refractivity contribution in [3.63, 3.8) is 0 Å². The van der Waals surface area contributed by atoms with Gasteiger partial charge in [0.2, 0.25) is 0 Å². The number of ether oxygens (including phenoxy) is 2. The molecule has 8 nitrogen and oxygen atoms in total. The molecule has 4 amide bonds.